The number of aryl methyl sites for hydroxylation is 1. The number of ether oxygens (including phenoxy) is 1. The Hall–Kier alpha value is -1.02. The van der Waals surface area contributed by atoms with Gasteiger partial charge in [0.05, 0.1) is 0 Å². The minimum Gasteiger partial charge on any atom is -0.486 e. The van der Waals surface area contributed by atoms with Crippen molar-refractivity contribution in [2.75, 3.05) is 13.1 Å². The lowest BCUT2D eigenvalue weighted by Crippen LogP contribution is -2.41. The molecule has 2 nitrogen and oxygen atoms in total. The molecule has 1 spiro atoms. The van der Waals surface area contributed by atoms with Gasteiger partial charge in [-0.25, -0.2) is 0 Å². The second-order valence-corrected chi connectivity index (χ2v) is 4.32. The maximum atomic E-state index is 6.12. The Labute approximate surface area is 84.3 Å². The van der Waals surface area contributed by atoms with Crippen LogP contribution in [0.1, 0.15) is 18.4 Å². The zero-order chi connectivity index (χ0) is 9.43. The van der Waals surface area contributed by atoms with Gasteiger partial charge in [0.15, 0.2) is 0 Å². The van der Waals surface area contributed by atoms with Gasteiger partial charge < -0.3 is 10.1 Å². The van der Waals surface area contributed by atoms with E-state index >= 15 is 0 Å². The molecule has 1 fully saturated rings. The van der Waals surface area contributed by atoms with Crippen LogP contribution in [0.5, 0.6) is 5.75 Å². The first-order valence-electron chi connectivity index (χ1n) is 5.36. The largest absolute Gasteiger partial charge is 0.486 e. The van der Waals surface area contributed by atoms with Gasteiger partial charge in [-0.15, -0.1) is 0 Å². The Kier molecular flexibility index (Phi) is 1.77. The number of hydrogen-bond donors (Lipinski definition) is 1. The van der Waals surface area contributed by atoms with Crippen molar-refractivity contribution < 1.29 is 4.74 Å². The quantitative estimate of drug-likeness (QED) is 0.671. The summed E-state index contributed by atoms with van der Waals surface area (Å²) in [5.74, 6) is 1.10. The summed E-state index contributed by atoms with van der Waals surface area (Å²) in [7, 11) is 0. The van der Waals surface area contributed by atoms with E-state index in [4.69, 9.17) is 4.74 Å². The summed E-state index contributed by atoms with van der Waals surface area (Å²) >= 11 is 0. The fraction of sp³-hybridized carbons (Fsp3) is 0.500. The van der Waals surface area contributed by atoms with E-state index in [-0.39, 0.29) is 5.60 Å². The van der Waals surface area contributed by atoms with Crippen LogP contribution in [0.15, 0.2) is 24.3 Å². The highest BCUT2D eigenvalue weighted by atomic mass is 16.5. The molecule has 1 aromatic rings. The van der Waals surface area contributed by atoms with Crippen LogP contribution in [0.3, 0.4) is 0 Å². The molecule has 0 amide bonds. The summed E-state index contributed by atoms with van der Waals surface area (Å²) in [5, 5.41) is 3.39. The van der Waals surface area contributed by atoms with Crippen LogP contribution < -0.4 is 10.1 Å². The molecular weight excluding hydrogens is 174 g/mol. The maximum absolute atomic E-state index is 6.12. The number of benzene rings is 1. The predicted octanol–water partition coefficient (Wildman–Crippen LogP) is 1.74. The number of fused-ring (bicyclic) bond motifs is 1. The molecule has 1 atom stereocenters. The zero-order valence-corrected chi connectivity index (χ0v) is 8.25. The molecule has 1 N–H and O–H groups in total. The third-order valence-corrected chi connectivity index (χ3v) is 3.35. The minimum absolute atomic E-state index is 0.106. The van der Waals surface area contributed by atoms with Crippen LogP contribution >= 0.6 is 0 Å². The number of rotatable bonds is 0. The topological polar surface area (TPSA) is 21.3 Å². The van der Waals surface area contributed by atoms with E-state index in [1.807, 2.05) is 0 Å². The Bertz CT molecular complexity index is 342. The molecule has 2 aliphatic rings. The van der Waals surface area contributed by atoms with Gasteiger partial charge in [-0.1, -0.05) is 18.2 Å². The lowest BCUT2D eigenvalue weighted by Gasteiger charge is -2.34. The smallest absolute Gasteiger partial charge is 0.123 e. The molecule has 3 rings (SSSR count). The molecule has 74 valence electrons. The first-order valence-corrected chi connectivity index (χ1v) is 5.36. The summed E-state index contributed by atoms with van der Waals surface area (Å²) < 4.78 is 6.12. The summed E-state index contributed by atoms with van der Waals surface area (Å²) in [6.45, 7) is 2.11. The van der Waals surface area contributed by atoms with Crippen LogP contribution in [-0.2, 0) is 6.42 Å². The average molecular weight is 189 g/mol. The van der Waals surface area contributed by atoms with Crippen molar-refractivity contribution in [3.05, 3.63) is 29.8 Å². The Morgan fingerprint density at radius 1 is 1.21 bits per heavy atom. The normalized spacial score (nSPS) is 30.0. The number of nitrogens with one attached hydrogen (secondary N) is 1. The van der Waals surface area contributed by atoms with Gasteiger partial charge in [-0.2, -0.15) is 0 Å². The van der Waals surface area contributed by atoms with Crippen molar-refractivity contribution in [2.45, 2.75) is 24.9 Å². The van der Waals surface area contributed by atoms with E-state index < -0.39 is 0 Å². The molecule has 14 heavy (non-hydrogen) atoms. The minimum atomic E-state index is 0.106. The molecule has 0 unspecified atom stereocenters. The standard InChI is InChI=1S/C12H15NO/c1-2-4-11-10(3-1)5-6-12(14-11)7-8-13-9-12/h1-4,13H,5-9H2/t12-/m0/s1. The highest BCUT2D eigenvalue weighted by Gasteiger charge is 2.38. The molecule has 2 heterocycles. The van der Waals surface area contributed by atoms with Gasteiger partial charge in [-0.3, -0.25) is 0 Å². The molecule has 0 aromatic heterocycles. The molecule has 0 saturated carbocycles. The molecule has 0 bridgehead atoms. The second-order valence-electron chi connectivity index (χ2n) is 4.32. The highest BCUT2D eigenvalue weighted by molar-refractivity contribution is 5.36. The average Bonchev–Trinajstić information content (AvgIpc) is 2.66. The summed E-state index contributed by atoms with van der Waals surface area (Å²) in [6, 6.07) is 8.41. The number of hydrogen-bond acceptors (Lipinski definition) is 2. The first kappa shape index (κ1) is 8.30. The molecule has 1 saturated heterocycles. The molecular formula is C12H15NO. The van der Waals surface area contributed by atoms with E-state index in [9.17, 15) is 0 Å². The lowest BCUT2D eigenvalue weighted by atomic mass is 9.90. The first-order chi connectivity index (χ1) is 6.88. The van der Waals surface area contributed by atoms with E-state index in [2.05, 4.69) is 29.6 Å². The monoisotopic (exact) mass is 189 g/mol. The Balaban J connectivity index is 1.92. The second kappa shape index (κ2) is 2.99. The Morgan fingerprint density at radius 3 is 3.00 bits per heavy atom. The van der Waals surface area contributed by atoms with Crippen LogP contribution in [0.25, 0.3) is 0 Å². The maximum Gasteiger partial charge on any atom is 0.123 e. The number of para-hydroxylation sites is 1. The van der Waals surface area contributed by atoms with Crippen molar-refractivity contribution in [3.63, 3.8) is 0 Å². The van der Waals surface area contributed by atoms with Crippen LogP contribution in [0.2, 0.25) is 0 Å². The molecule has 0 aliphatic carbocycles. The van der Waals surface area contributed by atoms with Gasteiger partial charge in [-0.05, 0) is 31.0 Å². The predicted molar refractivity (Wildman–Crippen MR) is 55.6 cm³/mol. The zero-order valence-electron chi connectivity index (χ0n) is 8.25. The van der Waals surface area contributed by atoms with E-state index in [1.165, 1.54) is 5.56 Å². The van der Waals surface area contributed by atoms with Gasteiger partial charge >= 0.3 is 0 Å². The van der Waals surface area contributed by atoms with Crippen molar-refractivity contribution in [2.24, 2.45) is 0 Å². The van der Waals surface area contributed by atoms with E-state index in [0.29, 0.717) is 0 Å². The molecule has 2 aliphatic heterocycles. The van der Waals surface area contributed by atoms with E-state index in [1.54, 1.807) is 0 Å². The van der Waals surface area contributed by atoms with Crippen molar-refractivity contribution in [1.82, 2.24) is 5.32 Å². The fourth-order valence-corrected chi connectivity index (χ4v) is 2.48. The summed E-state index contributed by atoms with van der Waals surface area (Å²) in [6.07, 6.45) is 3.48. The SMILES string of the molecule is c1ccc2c(c1)CC[C@@]1(CCNC1)O2. The summed E-state index contributed by atoms with van der Waals surface area (Å²) in [5.41, 5.74) is 1.47. The van der Waals surface area contributed by atoms with E-state index in [0.717, 1.165) is 38.1 Å². The third kappa shape index (κ3) is 1.22. The van der Waals surface area contributed by atoms with Crippen molar-refractivity contribution in [1.29, 1.82) is 0 Å². The van der Waals surface area contributed by atoms with Gasteiger partial charge in [0.2, 0.25) is 0 Å². The molecule has 0 radical (unpaired) electrons. The van der Waals surface area contributed by atoms with Gasteiger partial charge in [0.25, 0.3) is 0 Å². The molecule has 1 aromatic carbocycles. The van der Waals surface area contributed by atoms with Crippen LogP contribution in [-0.4, -0.2) is 18.7 Å². The fourth-order valence-electron chi connectivity index (χ4n) is 2.48. The molecule has 2 heteroatoms. The van der Waals surface area contributed by atoms with Gasteiger partial charge in [0, 0.05) is 13.0 Å². The highest BCUT2D eigenvalue weighted by Crippen LogP contribution is 2.36. The third-order valence-electron chi connectivity index (χ3n) is 3.35. The van der Waals surface area contributed by atoms with Crippen molar-refractivity contribution in [3.8, 4) is 5.75 Å². The summed E-state index contributed by atoms with van der Waals surface area (Å²) in [4.78, 5) is 0. The Morgan fingerprint density at radius 2 is 2.14 bits per heavy atom. The van der Waals surface area contributed by atoms with Crippen LogP contribution in [0.4, 0.5) is 0 Å². The van der Waals surface area contributed by atoms with Crippen molar-refractivity contribution >= 4 is 0 Å². The van der Waals surface area contributed by atoms with Crippen LogP contribution in [0, 0.1) is 0 Å². The lowest BCUT2D eigenvalue weighted by molar-refractivity contribution is 0.0665. The van der Waals surface area contributed by atoms with Gasteiger partial charge in [0.1, 0.15) is 11.4 Å².